The lowest BCUT2D eigenvalue weighted by Crippen LogP contribution is -2.34. The first-order valence-corrected chi connectivity index (χ1v) is 6.38. The molecule has 5 heteroatoms. The number of rotatable bonds is 5. The first-order valence-electron chi connectivity index (χ1n) is 6.38. The quantitative estimate of drug-likeness (QED) is 0.842. The van der Waals surface area contributed by atoms with Crippen LogP contribution < -0.4 is 5.32 Å². The van der Waals surface area contributed by atoms with Crippen LogP contribution in [0, 0.1) is 5.92 Å². The average molecular weight is 238 g/mol. The summed E-state index contributed by atoms with van der Waals surface area (Å²) in [5.74, 6) is 1.64. The van der Waals surface area contributed by atoms with E-state index in [1.807, 2.05) is 4.68 Å². The maximum Gasteiger partial charge on any atom is 0.141 e. The molecule has 1 aliphatic heterocycles. The lowest BCUT2D eigenvalue weighted by Gasteiger charge is -2.19. The highest BCUT2D eigenvalue weighted by atomic mass is 16.5. The van der Waals surface area contributed by atoms with Gasteiger partial charge in [-0.05, 0) is 33.1 Å². The van der Waals surface area contributed by atoms with Crippen molar-refractivity contribution in [2.45, 2.75) is 45.8 Å². The zero-order chi connectivity index (χ0) is 12.3. The van der Waals surface area contributed by atoms with Gasteiger partial charge in [-0.3, -0.25) is 0 Å². The van der Waals surface area contributed by atoms with Crippen molar-refractivity contribution in [1.29, 1.82) is 0 Å². The van der Waals surface area contributed by atoms with E-state index in [0.717, 1.165) is 32.0 Å². The van der Waals surface area contributed by atoms with Gasteiger partial charge in [0.2, 0.25) is 0 Å². The summed E-state index contributed by atoms with van der Waals surface area (Å²) in [7, 11) is 0. The van der Waals surface area contributed by atoms with E-state index in [1.54, 1.807) is 6.33 Å². The molecule has 1 aromatic rings. The molecule has 0 spiro atoms. The summed E-state index contributed by atoms with van der Waals surface area (Å²) in [5, 5.41) is 7.75. The summed E-state index contributed by atoms with van der Waals surface area (Å²) in [6, 6.07) is 0.828. The number of ether oxygens (including phenoxy) is 1. The molecule has 0 bridgehead atoms. The third kappa shape index (κ3) is 3.04. The highest BCUT2D eigenvalue weighted by Gasteiger charge is 2.22. The van der Waals surface area contributed by atoms with Gasteiger partial charge in [0.25, 0.3) is 0 Å². The normalized spacial score (nSPS) is 22.2. The molecule has 0 radical (unpaired) electrons. The highest BCUT2D eigenvalue weighted by Crippen LogP contribution is 2.16. The van der Waals surface area contributed by atoms with Crippen molar-refractivity contribution in [3.63, 3.8) is 0 Å². The van der Waals surface area contributed by atoms with E-state index in [1.165, 1.54) is 0 Å². The van der Waals surface area contributed by atoms with Gasteiger partial charge in [0.1, 0.15) is 12.2 Å². The minimum Gasteiger partial charge on any atom is -0.381 e. The fourth-order valence-electron chi connectivity index (χ4n) is 2.20. The number of hydrogen-bond acceptors (Lipinski definition) is 4. The molecule has 0 aromatic carbocycles. The molecule has 2 atom stereocenters. The molecular formula is C12H22N4O. The Kier molecular flexibility index (Phi) is 4.12. The number of nitrogens with zero attached hydrogens (tertiary/aromatic N) is 3. The van der Waals surface area contributed by atoms with Crippen LogP contribution in [0.15, 0.2) is 6.33 Å². The van der Waals surface area contributed by atoms with E-state index in [4.69, 9.17) is 4.74 Å². The summed E-state index contributed by atoms with van der Waals surface area (Å²) in [6.45, 7) is 9.01. The Morgan fingerprint density at radius 3 is 3.00 bits per heavy atom. The van der Waals surface area contributed by atoms with Crippen LogP contribution in [0.1, 0.15) is 39.1 Å². The molecule has 1 saturated heterocycles. The van der Waals surface area contributed by atoms with Crippen LogP contribution in [0.3, 0.4) is 0 Å². The fraction of sp³-hybridized carbons (Fsp3) is 0.833. The van der Waals surface area contributed by atoms with Crippen molar-refractivity contribution >= 4 is 0 Å². The maximum atomic E-state index is 5.40. The second-order valence-electron chi connectivity index (χ2n) is 5.01. The first-order chi connectivity index (χ1) is 8.18. The molecule has 1 N–H and O–H groups in total. The van der Waals surface area contributed by atoms with Gasteiger partial charge >= 0.3 is 0 Å². The lowest BCUT2D eigenvalue weighted by molar-refractivity contribution is 0.178. The minimum atomic E-state index is 0.361. The average Bonchev–Trinajstić information content (AvgIpc) is 2.96. The molecule has 2 unspecified atom stereocenters. The molecule has 0 aliphatic carbocycles. The maximum absolute atomic E-state index is 5.40. The van der Waals surface area contributed by atoms with Gasteiger partial charge in [-0.1, -0.05) is 0 Å². The van der Waals surface area contributed by atoms with Gasteiger partial charge in [-0.2, -0.15) is 5.10 Å². The molecule has 1 aromatic heterocycles. The minimum absolute atomic E-state index is 0.361. The number of hydrogen-bond donors (Lipinski definition) is 1. The third-order valence-electron chi connectivity index (χ3n) is 3.39. The monoisotopic (exact) mass is 238 g/mol. The standard InChI is InChI=1S/C12H22N4O/c1-9(2)16-12(14-8-15-16)6-13-10(3)11-4-5-17-7-11/h8-11,13H,4-7H2,1-3H3. The van der Waals surface area contributed by atoms with E-state index in [9.17, 15) is 0 Å². The summed E-state index contributed by atoms with van der Waals surface area (Å²) >= 11 is 0. The molecule has 2 rings (SSSR count). The topological polar surface area (TPSA) is 52.0 Å². The van der Waals surface area contributed by atoms with E-state index in [0.29, 0.717) is 18.0 Å². The Bertz CT molecular complexity index is 344. The van der Waals surface area contributed by atoms with Crippen LogP contribution in [0.2, 0.25) is 0 Å². The summed E-state index contributed by atoms with van der Waals surface area (Å²) < 4.78 is 7.37. The summed E-state index contributed by atoms with van der Waals surface area (Å²) in [4.78, 5) is 4.29. The first kappa shape index (κ1) is 12.5. The zero-order valence-electron chi connectivity index (χ0n) is 10.9. The van der Waals surface area contributed by atoms with Crippen LogP contribution in [0.4, 0.5) is 0 Å². The van der Waals surface area contributed by atoms with Crippen molar-refractivity contribution in [1.82, 2.24) is 20.1 Å². The fourth-order valence-corrected chi connectivity index (χ4v) is 2.20. The van der Waals surface area contributed by atoms with Crippen molar-refractivity contribution < 1.29 is 4.74 Å². The van der Waals surface area contributed by atoms with Crippen molar-refractivity contribution in [3.05, 3.63) is 12.2 Å². The smallest absolute Gasteiger partial charge is 0.141 e. The van der Waals surface area contributed by atoms with E-state index in [-0.39, 0.29) is 0 Å². The molecule has 5 nitrogen and oxygen atoms in total. The van der Waals surface area contributed by atoms with Gasteiger partial charge in [-0.25, -0.2) is 9.67 Å². The summed E-state index contributed by atoms with van der Waals surface area (Å²) in [6.07, 6.45) is 2.78. The van der Waals surface area contributed by atoms with E-state index >= 15 is 0 Å². The zero-order valence-corrected chi connectivity index (χ0v) is 10.9. The molecular weight excluding hydrogens is 216 g/mol. The molecule has 1 aliphatic rings. The van der Waals surface area contributed by atoms with Crippen molar-refractivity contribution in [3.8, 4) is 0 Å². The second-order valence-corrected chi connectivity index (χ2v) is 5.01. The van der Waals surface area contributed by atoms with Gasteiger partial charge in [0.05, 0.1) is 13.2 Å². The number of aromatic nitrogens is 3. The van der Waals surface area contributed by atoms with Crippen LogP contribution >= 0.6 is 0 Å². The number of nitrogens with one attached hydrogen (secondary N) is 1. The van der Waals surface area contributed by atoms with Crippen molar-refractivity contribution in [2.75, 3.05) is 13.2 Å². The van der Waals surface area contributed by atoms with Gasteiger partial charge in [0.15, 0.2) is 0 Å². The SMILES string of the molecule is CC(NCc1ncnn1C(C)C)C1CCOC1. The Hall–Kier alpha value is -0.940. The van der Waals surface area contributed by atoms with E-state index < -0.39 is 0 Å². The second kappa shape index (κ2) is 5.60. The van der Waals surface area contributed by atoms with Crippen molar-refractivity contribution in [2.24, 2.45) is 5.92 Å². The highest BCUT2D eigenvalue weighted by molar-refractivity contribution is 4.87. The molecule has 1 fully saturated rings. The third-order valence-corrected chi connectivity index (χ3v) is 3.39. The van der Waals surface area contributed by atoms with Crippen LogP contribution in [0.5, 0.6) is 0 Å². The largest absolute Gasteiger partial charge is 0.381 e. The lowest BCUT2D eigenvalue weighted by atomic mass is 10.0. The Labute approximate surface area is 103 Å². The molecule has 0 saturated carbocycles. The van der Waals surface area contributed by atoms with Crippen LogP contribution in [-0.4, -0.2) is 34.0 Å². The summed E-state index contributed by atoms with van der Waals surface area (Å²) in [5.41, 5.74) is 0. The van der Waals surface area contributed by atoms with Gasteiger partial charge < -0.3 is 10.1 Å². The Morgan fingerprint density at radius 2 is 2.35 bits per heavy atom. The van der Waals surface area contributed by atoms with Gasteiger partial charge in [-0.15, -0.1) is 0 Å². The molecule has 96 valence electrons. The molecule has 17 heavy (non-hydrogen) atoms. The predicted molar refractivity (Wildman–Crippen MR) is 65.6 cm³/mol. The van der Waals surface area contributed by atoms with Crippen LogP contribution in [0.25, 0.3) is 0 Å². The Morgan fingerprint density at radius 1 is 1.53 bits per heavy atom. The predicted octanol–water partition coefficient (Wildman–Crippen LogP) is 1.37. The molecule has 2 heterocycles. The Balaban J connectivity index is 1.86. The van der Waals surface area contributed by atoms with Gasteiger partial charge in [0, 0.05) is 18.7 Å². The van der Waals surface area contributed by atoms with Crippen LogP contribution in [-0.2, 0) is 11.3 Å². The van der Waals surface area contributed by atoms with E-state index in [2.05, 4.69) is 36.2 Å². The molecule has 0 amide bonds.